The Morgan fingerprint density at radius 3 is 2.50 bits per heavy atom. The van der Waals surface area contributed by atoms with Crippen molar-refractivity contribution >= 4 is 34.4 Å². The molecule has 150 valence electrons. The third kappa shape index (κ3) is 6.05. The highest BCUT2D eigenvalue weighted by atomic mass is 32.1. The van der Waals surface area contributed by atoms with Crippen LogP contribution in [0.25, 0.3) is 0 Å². The first kappa shape index (κ1) is 21.4. The van der Waals surface area contributed by atoms with E-state index in [0.29, 0.717) is 5.69 Å². The average Bonchev–Trinajstić information content (AvgIpc) is 2.59. The van der Waals surface area contributed by atoms with E-state index in [4.69, 9.17) is 12.2 Å². The van der Waals surface area contributed by atoms with Gasteiger partial charge in [0, 0.05) is 17.8 Å². The quantitative estimate of drug-likeness (QED) is 0.286. The summed E-state index contributed by atoms with van der Waals surface area (Å²) in [5, 5.41) is 16.6. The van der Waals surface area contributed by atoms with Gasteiger partial charge in [-0.25, -0.2) is 8.78 Å². The standard InChI is InChI=1S/C17H15F4N3O3S/c1-10-3-2-4-11(5-10)22-16(28)23-12-6-13(24(25)26)8-14(7-12)27-9-17(20,21)15(18)19/h2-8,15H,9H2,1H3,(H2,22,23,28). The van der Waals surface area contributed by atoms with E-state index < -0.39 is 29.6 Å². The number of aryl methyl sites for hydroxylation is 1. The second kappa shape index (κ2) is 8.83. The first-order valence-electron chi connectivity index (χ1n) is 7.80. The maximum Gasteiger partial charge on any atom is 0.340 e. The molecule has 0 aliphatic carbocycles. The lowest BCUT2D eigenvalue weighted by atomic mass is 10.2. The van der Waals surface area contributed by atoms with Crippen LogP contribution in [0.2, 0.25) is 0 Å². The van der Waals surface area contributed by atoms with Crippen molar-refractivity contribution in [1.29, 1.82) is 0 Å². The minimum absolute atomic E-state index is 0.0646. The lowest BCUT2D eigenvalue weighted by molar-refractivity contribution is -0.384. The SMILES string of the molecule is Cc1cccc(NC(=S)Nc2cc(OCC(F)(F)C(F)F)cc([N+](=O)[O-])c2)c1. The Hall–Kier alpha value is -2.95. The van der Waals surface area contributed by atoms with Crippen molar-refractivity contribution in [2.24, 2.45) is 0 Å². The molecule has 2 aromatic rings. The molecule has 0 atom stereocenters. The van der Waals surface area contributed by atoms with Crippen LogP contribution in [-0.2, 0) is 0 Å². The molecule has 0 amide bonds. The molecule has 0 unspecified atom stereocenters. The smallest absolute Gasteiger partial charge is 0.340 e. The van der Waals surface area contributed by atoms with E-state index in [1.54, 1.807) is 12.1 Å². The lowest BCUT2D eigenvalue weighted by Crippen LogP contribution is -2.33. The maximum absolute atomic E-state index is 13.0. The number of nitro groups is 1. The van der Waals surface area contributed by atoms with Crippen molar-refractivity contribution in [3.8, 4) is 5.75 Å². The molecular formula is C17H15F4N3O3S. The topological polar surface area (TPSA) is 76.4 Å². The first-order valence-corrected chi connectivity index (χ1v) is 8.20. The summed E-state index contributed by atoms with van der Waals surface area (Å²) in [5.41, 5.74) is 1.21. The van der Waals surface area contributed by atoms with Gasteiger partial charge in [-0.1, -0.05) is 12.1 Å². The predicted molar refractivity (Wildman–Crippen MR) is 101 cm³/mol. The Kier molecular flexibility index (Phi) is 6.73. The zero-order valence-electron chi connectivity index (χ0n) is 14.4. The van der Waals surface area contributed by atoms with Crippen LogP contribution in [0.15, 0.2) is 42.5 Å². The van der Waals surface area contributed by atoms with Crippen LogP contribution >= 0.6 is 12.2 Å². The minimum atomic E-state index is -4.39. The van der Waals surface area contributed by atoms with Crippen LogP contribution in [-0.4, -0.2) is 29.0 Å². The number of nitro benzene ring substituents is 1. The average molecular weight is 417 g/mol. The van der Waals surface area contributed by atoms with Crippen LogP contribution in [0, 0.1) is 17.0 Å². The molecule has 2 rings (SSSR count). The van der Waals surface area contributed by atoms with E-state index in [1.165, 1.54) is 0 Å². The number of nitrogens with one attached hydrogen (secondary N) is 2. The number of hydrogen-bond donors (Lipinski definition) is 2. The number of ether oxygens (including phenoxy) is 1. The molecule has 11 heteroatoms. The molecule has 0 bridgehead atoms. The largest absolute Gasteiger partial charge is 0.487 e. The molecule has 0 saturated heterocycles. The van der Waals surface area contributed by atoms with Crippen LogP contribution in [0.4, 0.5) is 34.6 Å². The molecule has 0 saturated carbocycles. The van der Waals surface area contributed by atoms with E-state index in [0.717, 1.165) is 23.8 Å². The van der Waals surface area contributed by atoms with Gasteiger partial charge in [0.05, 0.1) is 16.7 Å². The van der Waals surface area contributed by atoms with E-state index >= 15 is 0 Å². The van der Waals surface area contributed by atoms with Crippen LogP contribution in [0.3, 0.4) is 0 Å². The summed E-state index contributed by atoms with van der Waals surface area (Å²) in [5.74, 6) is -4.77. The van der Waals surface area contributed by atoms with Gasteiger partial charge in [0.15, 0.2) is 11.7 Å². The van der Waals surface area contributed by atoms with Crippen molar-refractivity contribution in [2.45, 2.75) is 19.3 Å². The van der Waals surface area contributed by atoms with Gasteiger partial charge in [-0.3, -0.25) is 10.1 Å². The van der Waals surface area contributed by atoms with Gasteiger partial charge in [-0.2, -0.15) is 8.78 Å². The minimum Gasteiger partial charge on any atom is -0.487 e. The molecule has 2 aromatic carbocycles. The fraction of sp³-hybridized carbons (Fsp3) is 0.235. The summed E-state index contributed by atoms with van der Waals surface area (Å²) < 4.78 is 55.2. The summed E-state index contributed by atoms with van der Waals surface area (Å²) in [6.45, 7) is 0.248. The van der Waals surface area contributed by atoms with Gasteiger partial charge in [0.25, 0.3) is 5.69 Å². The summed E-state index contributed by atoms with van der Waals surface area (Å²) in [4.78, 5) is 10.3. The Bertz CT molecular complexity index is 880. The number of hydrogen-bond acceptors (Lipinski definition) is 4. The monoisotopic (exact) mass is 417 g/mol. The van der Waals surface area contributed by atoms with Gasteiger partial charge in [-0.15, -0.1) is 0 Å². The van der Waals surface area contributed by atoms with E-state index in [2.05, 4.69) is 15.4 Å². The number of benzene rings is 2. The van der Waals surface area contributed by atoms with Crippen molar-refractivity contribution in [3.63, 3.8) is 0 Å². The second-order valence-electron chi connectivity index (χ2n) is 5.77. The first-order chi connectivity index (χ1) is 13.1. The summed E-state index contributed by atoms with van der Waals surface area (Å²) >= 11 is 5.12. The maximum atomic E-state index is 13.0. The van der Waals surface area contributed by atoms with Gasteiger partial charge < -0.3 is 15.4 Å². The van der Waals surface area contributed by atoms with Crippen molar-refractivity contribution in [2.75, 3.05) is 17.2 Å². The number of nitrogens with zero attached hydrogens (tertiary/aromatic N) is 1. The Morgan fingerprint density at radius 2 is 1.89 bits per heavy atom. The third-order valence-electron chi connectivity index (χ3n) is 3.39. The van der Waals surface area contributed by atoms with Crippen molar-refractivity contribution in [1.82, 2.24) is 0 Å². The number of non-ortho nitro benzene ring substituents is 1. The van der Waals surface area contributed by atoms with Crippen molar-refractivity contribution in [3.05, 3.63) is 58.1 Å². The Morgan fingerprint density at radius 1 is 1.21 bits per heavy atom. The zero-order chi connectivity index (χ0) is 20.9. The Labute approximate surface area is 162 Å². The molecular weight excluding hydrogens is 402 g/mol. The zero-order valence-corrected chi connectivity index (χ0v) is 15.2. The van der Waals surface area contributed by atoms with Gasteiger partial charge in [0.1, 0.15) is 5.75 Å². The number of halogens is 4. The molecule has 2 N–H and O–H groups in total. The molecule has 28 heavy (non-hydrogen) atoms. The predicted octanol–water partition coefficient (Wildman–Crippen LogP) is 4.99. The van der Waals surface area contributed by atoms with Crippen molar-refractivity contribution < 1.29 is 27.2 Å². The number of rotatable bonds is 7. The molecule has 0 aliphatic rings. The molecule has 0 radical (unpaired) electrons. The van der Waals surface area contributed by atoms with Crippen LogP contribution in [0.1, 0.15) is 5.56 Å². The number of alkyl halides is 4. The molecule has 0 aliphatic heterocycles. The molecule has 6 nitrogen and oxygen atoms in total. The van der Waals surface area contributed by atoms with E-state index in [-0.39, 0.29) is 16.5 Å². The summed E-state index contributed by atoms with van der Waals surface area (Å²) in [6.07, 6.45) is -3.92. The molecule has 0 spiro atoms. The number of thiocarbonyl (C=S) groups is 1. The molecule has 0 heterocycles. The summed E-state index contributed by atoms with van der Waals surface area (Å²) in [6, 6.07) is 10.3. The van der Waals surface area contributed by atoms with Gasteiger partial charge >= 0.3 is 12.3 Å². The third-order valence-corrected chi connectivity index (χ3v) is 3.59. The van der Waals surface area contributed by atoms with Gasteiger partial charge in [-0.05, 0) is 36.8 Å². The highest BCUT2D eigenvalue weighted by Gasteiger charge is 2.41. The lowest BCUT2D eigenvalue weighted by Gasteiger charge is -2.17. The highest BCUT2D eigenvalue weighted by Crippen LogP contribution is 2.29. The fourth-order valence-electron chi connectivity index (χ4n) is 2.10. The highest BCUT2D eigenvalue weighted by molar-refractivity contribution is 7.80. The molecule has 0 aromatic heterocycles. The second-order valence-corrected chi connectivity index (χ2v) is 6.18. The van der Waals surface area contributed by atoms with Crippen LogP contribution < -0.4 is 15.4 Å². The van der Waals surface area contributed by atoms with Crippen LogP contribution in [0.5, 0.6) is 5.75 Å². The normalized spacial score (nSPS) is 11.2. The number of anilines is 2. The summed E-state index contributed by atoms with van der Waals surface area (Å²) in [7, 11) is 0. The molecule has 0 fully saturated rings. The fourth-order valence-corrected chi connectivity index (χ4v) is 2.34. The van der Waals surface area contributed by atoms with E-state index in [9.17, 15) is 27.7 Å². The van der Waals surface area contributed by atoms with E-state index in [1.807, 2.05) is 19.1 Å². The van der Waals surface area contributed by atoms with Gasteiger partial charge in [0.2, 0.25) is 0 Å². The Balaban J connectivity index is 2.15.